The van der Waals surface area contributed by atoms with E-state index in [1.165, 1.54) is 334 Å². The van der Waals surface area contributed by atoms with Gasteiger partial charge in [0, 0.05) is 6.42 Å². The van der Waals surface area contributed by atoms with Crippen molar-refractivity contribution in [2.45, 2.75) is 442 Å². The molecule has 1 rings (SSSR count). The van der Waals surface area contributed by atoms with Crippen LogP contribution in [0.3, 0.4) is 0 Å². The minimum Gasteiger partial charge on any atom is -0.394 e. The van der Waals surface area contributed by atoms with Gasteiger partial charge in [-0.1, -0.05) is 380 Å². The van der Waals surface area contributed by atoms with Gasteiger partial charge in [-0.3, -0.25) is 4.79 Å². The van der Waals surface area contributed by atoms with Crippen molar-refractivity contribution in [1.82, 2.24) is 5.32 Å². The highest BCUT2D eigenvalue weighted by atomic mass is 16.7. The Kier molecular flexibility index (Phi) is 60.1. The van der Waals surface area contributed by atoms with Gasteiger partial charge in [-0.15, -0.1) is 0 Å². The number of hydrogen-bond acceptors (Lipinski definition) is 8. The summed E-state index contributed by atoms with van der Waals surface area (Å²) in [5.41, 5.74) is 0. The molecule has 0 aromatic carbocycles. The van der Waals surface area contributed by atoms with Crippen molar-refractivity contribution in [3.8, 4) is 0 Å². The second-order valence-corrected chi connectivity index (χ2v) is 26.1. The van der Waals surface area contributed by atoms with Gasteiger partial charge in [-0.05, 0) is 12.8 Å². The van der Waals surface area contributed by atoms with E-state index in [1.807, 2.05) is 0 Å². The maximum atomic E-state index is 13.1. The van der Waals surface area contributed by atoms with Crippen LogP contribution in [0.15, 0.2) is 0 Å². The number of rotatable bonds is 66. The maximum absolute atomic E-state index is 13.1. The molecule has 7 atom stereocenters. The fraction of sp³-hybridized carbons (Fsp3) is 0.986. The normalized spacial score (nSPS) is 18.2. The average molecular weight is 1150 g/mol. The van der Waals surface area contributed by atoms with Crippen molar-refractivity contribution >= 4 is 5.91 Å². The van der Waals surface area contributed by atoms with Crippen LogP contribution in [-0.4, -0.2) is 87.5 Å². The van der Waals surface area contributed by atoms with Crippen LogP contribution in [0.5, 0.6) is 0 Å². The van der Waals surface area contributed by atoms with Gasteiger partial charge in [-0.25, -0.2) is 0 Å². The number of aliphatic hydroxyl groups is 5. The van der Waals surface area contributed by atoms with Gasteiger partial charge in [0.15, 0.2) is 6.29 Å². The molecule has 1 fully saturated rings. The lowest BCUT2D eigenvalue weighted by atomic mass is 9.99. The summed E-state index contributed by atoms with van der Waals surface area (Å²) in [6, 6.07) is -0.715. The molecule has 9 nitrogen and oxygen atoms in total. The van der Waals surface area contributed by atoms with Crippen LogP contribution in [0.2, 0.25) is 0 Å². The van der Waals surface area contributed by atoms with Crippen molar-refractivity contribution in [1.29, 1.82) is 0 Å². The molecular formula is C72H143NO8. The van der Waals surface area contributed by atoms with Gasteiger partial charge in [0.25, 0.3) is 0 Å². The van der Waals surface area contributed by atoms with E-state index in [2.05, 4.69) is 19.2 Å². The first kappa shape index (κ1) is 78.2. The van der Waals surface area contributed by atoms with Crippen LogP contribution in [0, 0.1) is 0 Å². The highest BCUT2D eigenvalue weighted by Gasteiger charge is 2.44. The summed E-state index contributed by atoms with van der Waals surface area (Å²) >= 11 is 0. The SMILES string of the molecule is CCCCCCCCCCCCCCCCCCCCCCCCCCCCCCCCCCCCCCCCCCC(=O)NC(COC1OC(CO)C(O)C(O)C1O)C(O)CCCCCCCCCCCCCCCCCCCC. The van der Waals surface area contributed by atoms with Crippen LogP contribution in [0.1, 0.15) is 399 Å². The summed E-state index contributed by atoms with van der Waals surface area (Å²) in [5.74, 6) is -0.133. The summed E-state index contributed by atoms with van der Waals surface area (Å²) in [6.45, 7) is 3.90. The van der Waals surface area contributed by atoms with Crippen LogP contribution < -0.4 is 5.32 Å². The molecular weight excluding hydrogens is 1010 g/mol. The molecule has 1 aliphatic heterocycles. The summed E-state index contributed by atoms with van der Waals surface area (Å²) in [7, 11) is 0. The minimum absolute atomic E-state index is 0.131. The molecule has 7 unspecified atom stereocenters. The lowest BCUT2D eigenvalue weighted by Crippen LogP contribution is -2.60. The topological polar surface area (TPSA) is 149 Å². The molecule has 484 valence electrons. The largest absolute Gasteiger partial charge is 0.394 e. The number of hydrogen-bond donors (Lipinski definition) is 6. The third kappa shape index (κ3) is 51.0. The molecule has 0 bridgehead atoms. The number of carbonyl (C=O) groups is 1. The predicted molar refractivity (Wildman–Crippen MR) is 346 cm³/mol. The first-order chi connectivity index (χ1) is 39.8. The summed E-state index contributed by atoms with van der Waals surface area (Å²) in [4.78, 5) is 13.1. The Hall–Kier alpha value is -0.810. The Bertz CT molecular complexity index is 1240. The minimum atomic E-state index is -1.55. The van der Waals surface area contributed by atoms with E-state index < -0.39 is 49.5 Å². The van der Waals surface area contributed by atoms with Crippen LogP contribution >= 0.6 is 0 Å². The standard InChI is InChI=1S/C72H143NO8/c1-3-5-7-9-11-13-15-17-19-21-23-24-25-26-27-28-29-30-31-32-33-34-35-36-37-38-39-40-41-42-43-44-46-48-50-52-54-56-58-60-62-68(76)73-65(64-80-72-71(79)70(78)69(77)67(63-74)81-72)66(75)61-59-57-55-53-51-49-47-45-22-20-18-16-14-12-10-8-6-4-2/h65-67,69-72,74-75,77-79H,3-64H2,1-2H3,(H,73,76). The smallest absolute Gasteiger partial charge is 0.220 e. The number of aliphatic hydroxyl groups excluding tert-OH is 5. The zero-order chi connectivity index (χ0) is 58.6. The zero-order valence-electron chi connectivity index (χ0n) is 54.3. The molecule has 0 radical (unpaired) electrons. The van der Waals surface area contributed by atoms with Gasteiger partial charge < -0.3 is 40.3 Å². The molecule has 1 saturated heterocycles. The van der Waals surface area contributed by atoms with Crippen LogP contribution in [-0.2, 0) is 14.3 Å². The fourth-order valence-electron chi connectivity index (χ4n) is 12.5. The molecule has 0 aliphatic carbocycles. The Morgan fingerprint density at radius 2 is 0.617 bits per heavy atom. The van der Waals surface area contributed by atoms with Crippen LogP contribution in [0.4, 0.5) is 0 Å². The summed E-state index contributed by atoms with van der Waals surface area (Å²) in [6.07, 6.45) is 72.1. The first-order valence-corrected chi connectivity index (χ1v) is 36.7. The number of amides is 1. The van der Waals surface area contributed by atoms with E-state index in [1.54, 1.807) is 0 Å². The highest BCUT2D eigenvalue weighted by molar-refractivity contribution is 5.76. The number of carbonyl (C=O) groups excluding carboxylic acids is 1. The quantitative estimate of drug-likeness (QED) is 0.0330. The maximum Gasteiger partial charge on any atom is 0.220 e. The van der Waals surface area contributed by atoms with E-state index in [9.17, 15) is 30.3 Å². The number of ether oxygens (including phenoxy) is 2. The monoisotopic (exact) mass is 1150 g/mol. The molecule has 1 heterocycles. The second kappa shape index (κ2) is 62.2. The molecule has 0 saturated carbocycles. The molecule has 9 heteroatoms. The van der Waals surface area contributed by atoms with E-state index in [4.69, 9.17) is 9.47 Å². The molecule has 1 amide bonds. The molecule has 0 spiro atoms. The van der Waals surface area contributed by atoms with Crippen LogP contribution in [0.25, 0.3) is 0 Å². The van der Waals surface area contributed by atoms with E-state index in [0.29, 0.717) is 12.8 Å². The van der Waals surface area contributed by atoms with Crippen molar-refractivity contribution < 1.29 is 39.8 Å². The van der Waals surface area contributed by atoms with Crippen molar-refractivity contribution in [3.63, 3.8) is 0 Å². The first-order valence-electron chi connectivity index (χ1n) is 36.7. The van der Waals surface area contributed by atoms with Crippen molar-refractivity contribution in [2.24, 2.45) is 0 Å². The Morgan fingerprint density at radius 1 is 0.370 bits per heavy atom. The molecule has 1 aliphatic rings. The molecule has 81 heavy (non-hydrogen) atoms. The van der Waals surface area contributed by atoms with Gasteiger partial charge >= 0.3 is 0 Å². The van der Waals surface area contributed by atoms with E-state index in [0.717, 1.165) is 38.5 Å². The lowest BCUT2D eigenvalue weighted by molar-refractivity contribution is -0.302. The number of unbranched alkanes of at least 4 members (excludes halogenated alkanes) is 56. The van der Waals surface area contributed by atoms with Gasteiger partial charge in [0.2, 0.25) is 5.91 Å². The van der Waals surface area contributed by atoms with Gasteiger partial charge in [0.1, 0.15) is 24.4 Å². The van der Waals surface area contributed by atoms with E-state index >= 15 is 0 Å². The third-order valence-electron chi connectivity index (χ3n) is 18.2. The Morgan fingerprint density at radius 3 is 0.877 bits per heavy atom. The highest BCUT2D eigenvalue weighted by Crippen LogP contribution is 2.24. The Balaban J connectivity index is 2.00. The van der Waals surface area contributed by atoms with Gasteiger partial charge in [0.05, 0.1) is 25.4 Å². The third-order valence-corrected chi connectivity index (χ3v) is 18.2. The zero-order valence-corrected chi connectivity index (χ0v) is 54.3. The molecule has 0 aromatic rings. The summed E-state index contributed by atoms with van der Waals surface area (Å²) in [5, 5.41) is 54.9. The van der Waals surface area contributed by atoms with Crippen molar-refractivity contribution in [3.05, 3.63) is 0 Å². The Labute approximate surface area is 504 Å². The number of nitrogens with one attached hydrogen (secondary N) is 1. The molecule has 6 N–H and O–H groups in total. The second-order valence-electron chi connectivity index (χ2n) is 26.1. The summed E-state index contributed by atoms with van der Waals surface area (Å²) < 4.78 is 11.4. The fourth-order valence-corrected chi connectivity index (χ4v) is 12.5. The predicted octanol–water partition coefficient (Wildman–Crippen LogP) is 20.1. The van der Waals surface area contributed by atoms with Gasteiger partial charge in [-0.2, -0.15) is 0 Å². The van der Waals surface area contributed by atoms with Crippen molar-refractivity contribution in [2.75, 3.05) is 13.2 Å². The van der Waals surface area contributed by atoms with E-state index in [-0.39, 0.29) is 12.5 Å². The average Bonchev–Trinajstić information content (AvgIpc) is 3.49. The lowest BCUT2D eigenvalue weighted by Gasteiger charge is -2.40. The molecule has 0 aromatic heterocycles.